The van der Waals surface area contributed by atoms with Crippen LogP contribution in [0.15, 0.2) is 0 Å². The standard InChI is InChI=1S/C68H132O17P2/c1-9-60(7)46-38-30-21-17-15-13-11-12-14-16-18-22-34-42-50-67(72)84-63(54-78-65(70)48-40-32-26-24-29-37-45-59(5)6)56-82-86(74,75)80-52-62(69)53-81-87(76,77)83-57-64(85-68(73)51-43-35-23-19-20-28-36-44-58(3)4)55-79-66(71)49-41-33-27-25-31-39-47-61(8)10-2/h58-64,69H,9-57H2,1-8H3,(H,74,75)(H,76,77)/t60?,61?,62-,63-,64-/m1/s1. The molecule has 0 aromatic carbocycles. The topological polar surface area (TPSA) is 237 Å². The molecule has 87 heavy (non-hydrogen) atoms. The number of phosphoric acid groups is 2. The van der Waals surface area contributed by atoms with Gasteiger partial charge in [-0.1, -0.05) is 280 Å². The Morgan fingerprint density at radius 1 is 0.322 bits per heavy atom. The summed E-state index contributed by atoms with van der Waals surface area (Å²) >= 11 is 0. The maximum atomic E-state index is 13.0. The van der Waals surface area contributed by atoms with Crippen molar-refractivity contribution in [3.8, 4) is 0 Å². The van der Waals surface area contributed by atoms with Crippen LogP contribution in [0.25, 0.3) is 0 Å². The van der Waals surface area contributed by atoms with Crippen molar-refractivity contribution >= 4 is 39.5 Å². The maximum absolute atomic E-state index is 13.0. The van der Waals surface area contributed by atoms with Crippen molar-refractivity contribution in [3.05, 3.63) is 0 Å². The lowest BCUT2D eigenvalue weighted by Gasteiger charge is -2.21. The van der Waals surface area contributed by atoms with Crippen LogP contribution in [-0.4, -0.2) is 96.7 Å². The Hall–Kier alpha value is -1.94. The van der Waals surface area contributed by atoms with Gasteiger partial charge in [-0.3, -0.25) is 37.3 Å². The minimum Gasteiger partial charge on any atom is -0.462 e. The third kappa shape index (κ3) is 60.1. The number of carbonyl (C=O) groups excluding carboxylic acids is 4. The summed E-state index contributed by atoms with van der Waals surface area (Å²) in [6, 6.07) is 0. The Bertz CT molecular complexity index is 1730. The van der Waals surface area contributed by atoms with Crippen LogP contribution in [-0.2, 0) is 65.4 Å². The van der Waals surface area contributed by atoms with Crippen LogP contribution in [0.2, 0.25) is 0 Å². The molecule has 0 aliphatic heterocycles. The summed E-state index contributed by atoms with van der Waals surface area (Å²) in [7, 11) is -9.90. The van der Waals surface area contributed by atoms with E-state index in [0.29, 0.717) is 37.5 Å². The molecule has 0 aliphatic carbocycles. The normalized spacial score (nSPS) is 15.0. The molecule has 516 valence electrons. The number of esters is 4. The van der Waals surface area contributed by atoms with E-state index in [2.05, 4.69) is 55.4 Å². The molecule has 0 spiro atoms. The molecular weight excluding hydrogens is 1150 g/mol. The number of hydrogen-bond donors (Lipinski definition) is 3. The van der Waals surface area contributed by atoms with Crippen molar-refractivity contribution in [1.82, 2.24) is 0 Å². The lowest BCUT2D eigenvalue weighted by atomic mass is 9.99. The Kier molecular flexibility index (Phi) is 56.6. The second-order valence-electron chi connectivity index (χ2n) is 26.0. The molecular formula is C68H132O17P2. The fraction of sp³-hybridized carbons (Fsp3) is 0.941. The molecule has 0 fully saturated rings. The molecule has 0 radical (unpaired) electrons. The van der Waals surface area contributed by atoms with Gasteiger partial charge in [0.1, 0.15) is 19.3 Å². The summed E-state index contributed by atoms with van der Waals surface area (Å²) in [5.41, 5.74) is 0. The molecule has 0 bridgehead atoms. The predicted octanol–water partition coefficient (Wildman–Crippen LogP) is 18.9. The number of hydrogen-bond acceptors (Lipinski definition) is 15. The third-order valence-corrected chi connectivity index (χ3v) is 18.2. The highest BCUT2D eigenvalue weighted by Gasteiger charge is 2.30. The Morgan fingerprint density at radius 3 is 0.816 bits per heavy atom. The molecule has 17 nitrogen and oxygen atoms in total. The summed E-state index contributed by atoms with van der Waals surface area (Å²) < 4.78 is 68.1. The van der Waals surface area contributed by atoms with Gasteiger partial charge in [0.15, 0.2) is 12.2 Å². The van der Waals surface area contributed by atoms with E-state index >= 15 is 0 Å². The molecule has 0 heterocycles. The van der Waals surface area contributed by atoms with E-state index in [0.717, 1.165) is 115 Å². The smallest absolute Gasteiger partial charge is 0.462 e. The predicted molar refractivity (Wildman–Crippen MR) is 349 cm³/mol. The van der Waals surface area contributed by atoms with Gasteiger partial charge in [-0.25, -0.2) is 9.13 Å². The van der Waals surface area contributed by atoms with Crippen LogP contribution in [0.1, 0.15) is 331 Å². The number of aliphatic hydroxyl groups excluding tert-OH is 1. The molecule has 3 N–H and O–H groups in total. The SMILES string of the molecule is CCC(C)CCCCCCCCCCCCCCCCC(=O)O[C@H](COC(=O)CCCCCCCCC(C)C)COP(=O)(O)OC[C@@H](O)COP(=O)(O)OC[C@@H](COC(=O)CCCCCCCCC(C)CC)OC(=O)CCCCCCCCCC(C)C. The van der Waals surface area contributed by atoms with Crippen molar-refractivity contribution < 1.29 is 80.2 Å². The second kappa shape index (κ2) is 57.9. The largest absolute Gasteiger partial charge is 0.472 e. The van der Waals surface area contributed by atoms with Crippen molar-refractivity contribution in [1.29, 1.82) is 0 Å². The minimum atomic E-state index is -4.95. The van der Waals surface area contributed by atoms with Gasteiger partial charge in [-0.15, -0.1) is 0 Å². The minimum absolute atomic E-state index is 0.102. The zero-order chi connectivity index (χ0) is 64.7. The zero-order valence-electron chi connectivity index (χ0n) is 56.6. The first-order valence-corrected chi connectivity index (χ1v) is 38.3. The van der Waals surface area contributed by atoms with Crippen molar-refractivity contribution in [2.75, 3.05) is 39.6 Å². The maximum Gasteiger partial charge on any atom is 0.472 e. The molecule has 0 saturated carbocycles. The first-order chi connectivity index (χ1) is 41.7. The van der Waals surface area contributed by atoms with E-state index in [4.69, 9.17) is 37.0 Å². The van der Waals surface area contributed by atoms with E-state index in [-0.39, 0.29) is 25.7 Å². The van der Waals surface area contributed by atoms with Gasteiger partial charge < -0.3 is 33.8 Å². The van der Waals surface area contributed by atoms with Crippen molar-refractivity contribution in [3.63, 3.8) is 0 Å². The molecule has 4 unspecified atom stereocenters. The number of aliphatic hydroxyl groups is 1. The van der Waals surface area contributed by atoms with Crippen LogP contribution in [0, 0.1) is 23.7 Å². The molecule has 0 rings (SSSR count). The summed E-state index contributed by atoms with van der Waals surface area (Å²) in [5.74, 6) is 0.814. The van der Waals surface area contributed by atoms with Gasteiger partial charge in [0.05, 0.1) is 26.4 Å². The van der Waals surface area contributed by atoms with Crippen LogP contribution in [0.3, 0.4) is 0 Å². The van der Waals surface area contributed by atoms with Crippen LogP contribution >= 0.6 is 15.6 Å². The Morgan fingerprint density at radius 2 is 0.552 bits per heavy atom. The van der Waals surface area contributed by atoms with E-state index in [1.807, 2.05) is 0 Å². The monoisotopic (exact) mass is 1280 g/mol. The first kappa shape index (κ1) is 85.1. The molecule has 0 aromatic heterocycles. The number of rotatable bonds is 65. The van der Waals surface area contributed by atoms with Gasteiger partial charge in [0.2, 0.25) is 0 Å². The van der Waals surface area contributed by atoms with Gasteiger partial charge in [-0.2, -0.15) is 0 Å². The average Bonchev–Trinajstić information content (AvgIpc) is 3.59. The highest BCUT2D eigenvalue weighted by Crippen LogP contribution is 2.45. The second-order valence-corrected chi connectivity index (χ2v) is 28.9. The van der Waals surface area contributed by atoms with Crippen LogP contribution in [0.4, 0.5) is 0 Å². The fourth-order valence-electron chi connectivity index (χ4n) is 10.1. The number of carbonyl (C=O) groups is 4. The van der Waals surface area contributed by atoms with Gasteiger partial charge in [-0.05, 0) is 49.4 Å². The van der Waals surface area contributed by atoms with Crippen molar-refractivity contribution in [2.24, 2.45) is 23.7 Å². The summed E-state index contributed by atoms with van der Waals surface area (Å²) in [4.78, 5) is 72.3. The number of unbranched alkanes of at least 4 members (excludes halogenated alkanes) is 29. The average molecular weight is 1280 g/mol. The fourth-order valence-corrected chi connectivity index (χ4v) is 11.7. The van der Waals surface area contributed by atoms with E-state index in [1.54, 1.807) is 0 Å². The molecule has 0 aromatic rings. The van der Waals surface area contributed by atoms with Gasteiger partial charge >= 0.3 is 39.5 Å². The van der Waals surface area contributed by atoms with Crippen molar-refractivity contribution in [2.45, 2.75) is 350 Å². The molecule has 0 amide bonds. The Balaban J connectivity index is 5.20. The van der Waals surface area contributed by atoms with E-state index in [1.165, 1.54) is 122 Å². The van der Waals surface area contributed by atoms with Crippen LogP contribution in [0.5, 0.6) is 0 Å². The van der Waals surface area contributed by atoms with Gasteiger partial charge in [0, 0.05) is 25.7 Å². The highest BCUT2D eigenvalue weighted by molar-refractivity contribution is 7.47. The molecule has 7 atom stereocenters. The molecule has 0 saturated heterocycles. The third-order valence-electron chi connectivity index (χ3n) is 16.3. The number of ether oxygens (including phenoxy) is 4. The van der Waals surface area contributed by atoms with Crippen LogP contribution < -0.4 is 0 Å². The zero-order valence-corrected chi connectivity index (χ0v) is 58.4. The van der Waals surface area contributed by atoms with Gasteiger partial charge in [0.25, 0.3) is 0 Å². The quantitative estimate of drug-likeness (QED) is 0.0222. The molecule has 19 heteroatoms. The summed E-state index contributed by atoms with van der Waals surface area (Å²) in [6.45, 7) is 14.0. The first-order valence-electron chi connectivity index (χ1n) is 35.3. The number of phosphoric ester groups is 2. The van der Waals surface area contributed by atoms with E-state index < -0.39 is 97.5 Å². The molecule has 0 aliphatic rings. The Labute approximate surface area is 530 Å². The van der Waals surface area contributed by atoms with E-state index in [9.17, 15) is 43.2 Å². The summed E-state index contributed by atoms with van der Waals surface area (Å²) in [6.07, 6.45) is 39.2. The lowest BCUT2D eigenvalue weighted by molar-refractivity contribution is -0.161. The summed E-state index contributed by atoms with van der Waals surface area (Å²) in [5, 5.41) is 10.6. The highest BCUT2D eigenvalue weighted by atomic mass is 31.2. The lowest BCUT2D eigenvalue weighted by Crippen LogP contribution is -2.30.